The molecule has 0 aliphatic heterocycles. The van der Waals surface area contributed by atoms with Crippen LogP contribution in [0.3, 0.4) is 0 Å². The van der Waals surface area contributed by atoms with Crippen LogP contribution in [0.1, 0.15) is 81.2 Å². The van der Waals surface area contributed by atoms with E-state index in [-0.39, 0.29) is 5.41 Å². The molecule has 0 aliphatic carbocycles. The first-order valence-electron chi connectivity index (χ1n) is 10.8. The van der Waals surface area contributed by atoms with Crippen LogP contribution in [0.2, 0.25) is 0 Å². The molecule has 0 unspecified atom stereocenters. The maximum absolute atomic E-state index is 6.05. The lowest BCUT2D eigenvalue weighted by atomic mass is 9.76. The van der Waals surface area contributed by atoms with Gasteiger partial charge < -0.3 is 9.47 Å². The molecule has 2 aromatic carbocycles. The molecule has 2 heteroatoms. The first kappa shape index (κ1) is 22.3. The minimum Gasteiger partial charge on any atom is -0.493 e. The van der Waals surface area contributed by atoms with E-state index in [1.54, 1.807) is 0 Å². The Morgan fingerprint density at radius 3 is 1.79 bits per heavy atom. The Balaban J connectivity index is 2.27. The highest BCUT2D eigenvalue weighted by Gasteiger charge is 2.25. The average Bonchev–Trinajstić information content (AvgIpc) is 2.65. The van der Waals surface area contributed by atoms with Gasteiger partial charge >= 0.3 is 0 Å². The number of unbranched alkanes of at least 4 members (excludes halogenated alkanes) is 2. The Kier molecular flexibility index (Phi) is 7.98. The van der Waals surface area contributed by atoms with Gasteiger partial charge in [-0.15, -0.1) is 0 Å². The monoisotopic (exact) mass is 382 g/mol. The molecule has 0 saturated carbocycles. The van der Waals surface area contributed by atoms with Crippen LogP contribution in [-0.4, -0.2) is 13.2 Å². The smallest absolute Gasteiger partial charge is 0.125 e. The van der Waals surface area contributed by atoms with E-state index in [9.17, 15) is 0 Å². The highest BCUT2D eigenvalue weighted by Crippen LogP contribution is 2.37. The third-order valence-corrected chi connectivity index (χ3v) is 5.58. The molecular formula is C26H38O2. The van der Waals surface area contributed by atoms with Crippen LogP contribution < -0.4 is 9.47 Å². The summed E-state index contributed by atoms with van der Waals surface area (Å²) in [6.07, 6.45) is 4.50. The third-order valence-electron chi connectivity index (χ3n) is 5.58. The Hall–Kier alpha value is -1.96. The van der Waals surface area contributed by atoms with Gasteiger partial charge in [0.1, 0.15) is 11.5 Å². The normalized spacial score (nSPS) is 11.5. The Morgan fingerprint density at radius 1 is 0.714 bits per heavy atom. The number of hydrogen-bond donors (Lipinski definition) is 0. The Morgan fingerprint density at radius 2 is 1.25 bits per heavy atom. The van der Waals surface area contributed by atoms with E-state index in [1.165, 1.54) is 27.8 Å². The summed E-state index contributed by atoms with van der Waals surface area (Å²) < 4.78 is 12.0. The minimum absolute atomic E-state index is 0.0792. The molecule has 0 aromatic heterocycles. The Labute approximate surface area is 172 Å². The number of hydrogen-bond acceptors (Lipinski definition) is 2. The fourth-order valence-electron chi connectivity index (χ4n) is 3.55. The van der Waals surface area contributed by atoms with E-state index in [0.717, 1.165) is 50.4 Å². The van der Waals surface area contributed by atoms with Gasteiger partial charge in [-0.05, 0) is 67.5 Å². The molecule has 0 fully saturated rings. The first-order chi connectivity index (χ1) is 13.3. The van der Waals surface area contributed by atoms with Gasteiger partial charge in [0.05, 0.1) is 13.2 Å². The fourth-order valence-corrected chi connectivity index (χ4v) is 3.55. The molecule has 0 bridgehead atoms. The molecule has 28 heavy (non-hydrogen) atoms. The third kappa shape index (κ3) is 5.31. The predicted molar refractivity (Wildman–Crippen MR) is 120 cm³/mol. The van der Waals surface area contributed by atoms with E-state index < -0.39 is 0 Å². The van der Waals surface area contributed by atoms with Crippen LogP contribution in [0.25, 0.3) is 0 Å². The van der Waals surface area contributed by atoms with Crippen molar-refractivity contribution < 1.29 is 9.47 Å². The van der Waals surface area contributed by atoms with Gasteiger partial charge in [-0.25, -0.2) is 0 Å². The van der Waals surface area contributed by atoms with E-state index in [1.807, 2.05) is 0 Å². The zero-order valence-electron chi connectivity index (χ0n) is 18.9. The number of ether oxygens (including phenoxy) is 2. The van der Waals surface area contributed by atoms with Crippen molar-refractivity contribution in [2.45, 2.75) is 79.6 Å². The maximum atomic E-state index is 6.05. The SMILES string of the molecule is CCCCOc1ccc(C(C)(C)c2cc(C)c(OCCCC)c(C)c2)cc1C. The number of aryl methyl sites for hydroxylation is 3. The summed E-state index contributed by atoms with van der Waals surface area (Å²) in [6.45, 7) is 17.0. The van der Waals surface area contributed by atoms with Crippen LogP contribution in [0.15, 0.2) is 30.3 Å². The largest absolute Gasteiger partial charge is 0.493 e. The standard InChI is InChI=1S/C26H38O2/c1-8-10-14-27-24-13-12-22(16-19(24)3)26(6,7)23-17-20(4)25(21(5)18-23)28-15-11-9-2/h12-13,16-18H,8-11,14-15H2,1-7H3. The van der Waals surface area contributed by atoms with Gasteiger partial charge in [-0.2, -0.15) is 0 Å². The summed E-state index contributed by atoms with van der Waals surface area (Å²) in [7, 11) is 0. The van der Waals surface area contributed by atoms with E-state index in [0.29, 0.717) is 0 Å². The van der Waals surface area contributed by atoms with Crippen molar-refractivity contribution in [3.63, 3.8) is 0 Å². The summed E-state index contributed by atoms with van der Waals surface area (Å²) in [4.78, 5) is 0. The minimum atomic E-state index is -0.0792. The van der Waals surface area contributed by atoms with Crippen molar-refractivity contribution >= 4 is 0 Å². The summed E-state index contributed by atoms with van der Waals surface area (Å²) in [5.74, 6) is 2.05. The second-order valence-electron chi connectivity index (χ2n) is 8.45. The van der Waals surface area contributed by atoms with Crippen LogP contribution in [-0.2, 0) is 5.41 Å². The maximum Gasteiger partial charge on any atom is 0.125 e. The lowest BCUT2D eigenvalue weighted by molar-refractivity contribution is 0.305. The fraction of sp³-hybridized carbons (Fsp3) is 0.538. The summed E-state index contributed by atoms with van der Waals surface area (Å²) in [5, 5.41) is 0. The Bertz CT molecular complexity index is 751. The molecule has 2 aromatic rings. The molecule has 154 valence electrons. The van der Waals surface area contributed by atoms with Crippen molar-refractivity contribution in [1.82, 2.24) is 0 Å². The first-order valence-corrected chi connectivity index (χ1v) is 10.8. The molecule has 2 rings (SSSR count). The van der Waals surface area contributed by atoms with E-state index >= 15 is 0 Å². The van der Waals surface area contributed by atoms with Gasteiger partial charge in [-0.1, -0.05) is 64.8 Å². The summed E-state index contributed by atoms with van der Waals surface area (Å²) in [6, 6.07) is 11.2. The van der Waals surface area contributed by atoms with Crippen molar-refractivity contribution in [3.8, 4) is 11.5 Å². The highest BCUT2D eigenvalue weighted by atomic mass is 16.5. The molecule has 0 amide bonds. The van der Waals surface area contributed by atoms with Crippen molar-refractivity contribution in [2.75, 3.05) is 13.2 Å². The second kappa shape index (κ2) is 10.0. The second-order valence-corrected chi connectivity index (χ2v) is 8.45. The lowest BCUT2D eigenvalue weighted by Gasteiger charge is -2.28. The van der Waals surface area contributed by atoms with Crippen molar-refractivity contribution in [3.05, 3.63) is 58.1 Å². The number of rotatable bonds is 10. The van der Waals surface area contributed by atoms with E-state index in [2.05, 4.69) is 78.8 Å². The topological polar surface area (TPSA) is 18.5 Å². The van der Waals surface area contributed by atoms with Gasteiger partial charge in [0, 0.05) is 5.41 Å². The molecule has 0 radical (unpaired) electrons. The van der Waals surface area contributed by atoms with Crippen LogP contribution in [0.5, 0.6) is 11.5 Å². The predicted octanol–water partition coefficient (Wildman–Crippen LogP) is 7.30. The molecule has 0 spiro atoms. The zero-order chi connectivity index (χ0) is 20.7. The zero-order valence-corrected chi connectivity index (χ0v) is 18.9. The van der Waals surface area contributed by atoms with Gasteiger partial charge in [0.15, 0.2) is 0 Å². The van der Waals surface area contributed by atoms with Gasteiger partial charge in [0.2, 0.25) is 0 Å². The average molecular weight is 383 g/mol. The molecule has 0 aliphatic rings. The quantitative estimate of drug-likeness (QED) is 0.401. The lowest BCUT2D eigenvalue weighted by Crippen LogP contribution is -2.20. The van der Waals surface area contributed by atoms with Crippen molar-refractivity contribution in [2.24, 2.45) is 0 Å². The van der Waals surface area contributed by atoms with Crippen LogP contribution in [0.4, 0.5) is 0 Å². The molecule has 2 nitrogen and oxygen atoms in total. The van der Waals surface area contributed by atoms with Gasteiger partial charge in [0.25, 0.3) is 0 Å². The van der Waals surface area contributed by atoms with Crippen LogP contribution in [0, 0.1) is 20.8 Å². The molecule has 0 heterocycles. The van der Waals surface area contributed by atoms with Gasteiger partial charge in [-0.3, -0.25) is 0 Å². The summed E-state index contributed by atoms with van der Waals surface area (Å²) >= 11 is 0. The molecular weight excluding hydrogens is 344 g/mol. The number of benzene rings is 2. The molecule has 0 atom stereocenters. The molecule has 0 N–H and O–H groups in total. The molecule has 0 saturated heterocycles. The highest BCUT2D eigenvalue weighted by molar-refractivity contribution is 5.50. The van der Waals surface area contributed by atoms with E-state index in [4.69, 9.17) is 9.47 Å². The summed E-state index contributed by atoms with van der Waals surface area (Å²) in [5.41, 5.74) is 6.20. The van der Waals surface area contributed by atoms with Crippen LogP contribution >= 0.6 is 0 Å². The van der Waals surface area contributed by atoms with Crippen molar-refractivity contribution in [1.29, 1.82) is 0 Å².